The summed E-state index contributed by atoms with van der Waals surface area (Å²) in [6.45, 7) is 1.20. The number of hydrogen-bond donors (Lipinski definition) is 1. The van der Waals surface area contributed by atoms with E-state index in [1.54, 1.807) is 23.3 Å². The zero-order valence-corrected chi connectivity index (χ0v) is 14.0. The molecule has 3 heterocycles. The molecule has 1 N–H and O–H groups in total. The molecule has 7 heteroatoms. The van der Waals surface area contributed by atoms with E-state index in [9.17, 15) is 19.5 Å². The van der Waals surface area contributed by atoms with Crippen LogP contribution in [0.1, 0.15) is 31.4 Å². The Morgan fingerprint density at radius 3 is 2.84 bits per heavy atom. The minimum atomic E-state index is -0.917. The number of amides is 2. The monoisotopic (exact) mass is 346 g/mol. The van der Waals surface area contributed by atoms with Crippen LogP contribution in [0.15, 0.2) is 22.8 Å². The summed E-state index contributed by atoms with van der Waals surface area (Å²) >= 11 is 0. The normalized spacial score (nSPS) is 31.6. The van der Waals surface area contributed by atoms with Crippen molar-refractivity contribution in [2.45, 2.75) is 38.3 Å². The van der Waals surface area contributed by atoms with Gasteiger partial charge in [0.1, 0.15) is 11.8 Å². The Balaban J connectivity index is 1.46. The first-order valence-electron chi connectivity index (χ1n) is 8.88. The van der Waals surface area contributed by atoms with Gasteiger partial charge in [-0.1, -0.05) is 6.42 Å². The number of carbonyl (C=O) groups excluding carboxylic acids is 2. The van der Waals surface area contributed by atoms with Crippen LogP contribution >= 0.6 is 0 Å². The summed E-state index contributed by atoms with van der Waals surface area (Å²) in [5, 5.41) is 9.61. The lowest BCUT2D eigenvalue weighted by Gasteiger charge is -2.27. The lowest BCUT2D eigenvalue weighted by atomic mass is 9.94. The van der Waals surface area contributed by atoms with Gasteiger partial charge >= 0.3 is 5.97 Å². The first-order chi connectivity index (χ1) is 12.0. The Morgan fingerprint density at radius 2 is 2.12 bits per heavy atom. The highest BCUT2D eigenvalue weighted by atomic mass is 16.4. The molecule has 4 rings (SSSR count). The molecule has 3 aliphatic rings. The first kappa shape index (κ1) is 16.2. The average Bonchev–Trinajstić information content (AvgIpc) is 3.31. The topological polar surface area (TPSA) is 91.1 Å². The number of carboxylic acid groups (broad SMARTS) is 1. The van der Waals surface area contributed by atoms with Crippen molar-refractivity contribution in [1.82, 2.24) is 9.80 Å². The second-order valence-corrected chi connectivity index (χ2v) is 7.38. The SMILES string of the molecule is O=C(O)C1C2CCCC2CN1C(=O)C1CC(=O)N(Cc2ccco2)C1. The molecule has 0 aromatic carbocycles. The third kappa shape index (κ3) is 2.81. The number of nitrogens with zero attached hydrogens (tertiary/aromatic N) is 2. The Hall–Kier alpha value is -2.31. The van der Waals surface area contributed by atoms with Crippen LogP contribution in [0, 0.1) is 17.8 Å². The molecule has 2 aliphatic heterocycles. The summed E-state index contributed by atoms with van der Waals surface area (Å²) in [4.78, 5) is 40.1. The van der Waals surface area contributed by atoms with Crippen molar-refractivity contribution in [2.75, 3.05) is 13.1 Å². The molecule has 4 unspecified atom stereocenters. The van der Waals surface area contributed by atoms with E-state index < -0.39 is 17.9 Å². The number of likely N-dealkylation sites (tertiary alicyclic amines) is 2. The number of fused-ring (bicyclic) bond motifs is 1. The highest BCUT2D eigenvalue weighted by molar-refractivity contribution is 5.91. The molecule has 7 nitrogen and oxygen atoms in total. The molecule has 2 amide bonds. The van der Waals surface area contributed by atoms with Gasteiger partial charge < -0.3 is 19.3 Å². The molecule has 3 fully saturated rings. The zero-order valence-electron chi connectivity index (χ0n) is 14.0. The Bertz CT molecular complexity index is 686. The first-order valence-corrected chi connectivity index (χ1v) is 8.88. The standard InChI is InChI=1S/C18H22N2O5/c21-15-7-12(8-19(15)10-13-4-2-6-25-13)17(22)20-9-11-3-1-5-14(11)16(20)18(23)24/h2,4,6,11-12,14,16H,1,3,5,7-10H2,(H,23,24). The van der Waals surface area contributed by atoms with Crippen molar-refractivity contribution in [2.24, 2.45) is 17.8 Å². The molecule has 0 bridgehead atoms. The maximum Gasteiger partial charge on any atom is 0.326 e. The van der Waals surface area contributed by atoms with Crippen molar-refractivity contribution >= 4 is 17.8 Å². The van der Waals surface area contributed by atoms with Gasteiger partial charge in [-0.15, -0.1) is 0 Å². The quantitative estimate of drug-likeness (QED) is 0.888. The predicted molar refractivity (Wildman–Crippen MR) is 86.2 cm³/mol. The van der Waals surface area contributed by atoms with Crippen LogP contribution in [0.5, 0.6) is 0 Å². The number of aliphatic carboxylic acids is 1. The van der Waals surface area contributed by atoms with Crippen LogP contribution in [0.3, 0.4) is 0 Å². The summed E-state index contributed by atoms with van der Waals surface area (Å²) in [5.74, 6) is -0.597. The van der Waals surface area contributed by atoms with Gasteiger partial charge in [0.15, 0.2) is 0 Å². The number of rotatable bonds is 4. The van der Waals surface area contributed by atoms with Crippen molar-refractivity contribution in [1.29, 1.82) is 0 Å². The van der Waals surface area contributed by atoms with Crippen LogP contribution in [0.2, 0.25) is 0 Å². The van der Waals surface area contributed by atoms with E-state index in [0.717, 1.165) is 19.3 Å². The predicted octanol–water partition coefficient (Wildman–Crippen LogP) is 1.34. The maximum atomic E-state index is 12.9. The smallest absolute Gasteiger partial charge is 0.326 e. The Labute approximate surface area is 145 Å². The van der Waals surface area contributed by atoms with Gasteiger partial charge in [-0.3, -0.25) is 9.59 Å². The van der Waals surface area contributed by atoms with Gasteiger partial charge in [-0.05, 0) is 36.8 Å². The van der Waals surface area contributed by atoms with Crippen molar-refractivity contribution in [3.05, 3.63) is 24.2 Å². The minimum Gasteiger partial charge on any atom is -0.480 e. The van der Waals surface area contributed by atoms with Gasteiger partial charge in [-0.25, -0.2) is 4.79 Å². The maximum absolute atomic E-state index is 12.9. The number of furan rings is 1. The second-order valence-electron chi connectivity index (χ2n) is 7.38. The van der Waals surface area contributed by atoms with E-state index in [1.165, 1.54) is 4.90 Å². The molecule has 134 valence electrons. The van der Waals surface area contributed by atoms with Gasteiger partial charge in [-0.2, -0.15) is 0 Å². The summed E-state index contributed by atoms with van der Waals surface area (Å²) in [6, 6.07) is 2.83. The fraction of sp³-hybridized carbons (Fsp3) is 0.611. The molecule has 1 saturated carbocycles. The average molecular weight is 346 g/mol. The van der Waals surface area contributed by atoms with Crippen LogP contribution in [0.25, 0.3) is 0 Å². The lowest BCUT2D eigenvalue weighted by Crippen LogP contribution is -2.46. The molecule has 0 radical (unpaired) electrons. The summed E-state index contributed by atoms with van der Waals surface area (Å²) in [6.07, 6.45) is 4.61. The summed E-state index contributed by atoms with van der Waals surface area (Å²) in [5.41, 5.74) is 0. The van der Waals surface area contributed by atoms with E-state index in [0.29, 0.717) is 31.3 Å². The third-order valence-corrected chi connectivity index (χ3v) is 5.92. The van der Waals surface area contributed by atoms with Crippen LogP contribution in [0.4, 0.5) is 0 Å². The van der Waals surface area contributed by atoms with E-state index in [-0.39, 0.29) is 24.2 Å². The molecule has 1 aromatic heterocycles. The highest BCUT2D eigenvalue weighted by Crippen LogP contribution is 2.43. The molecule has 0 spiro atoms. The van der Waals surface area contributed by atoms with Crippen molar-refractivity contribution < 1.29 is 23.9 Å². The summed E-state index contributed by atoms with van der Waals surface area (Å²) in [7, 11) is 0. The van der Waals surface area contributed by atoms with Crippen LogP contribution in [-0.4, -0.2) is 51.8 Å². The fourth-order valence-corrected chi connectivity index (χ4v) is 4.76. The number of hydrogen-bond acceptors (Lipinski definition) is 4. The van der Waals surface area contributed by atoms with Crippen molar-refractivity contribution in [3.8, 4) is 0 Å². The van der Waals surface area contributed by atoms with Gasteiger partial charge in [0.25, 0.3) is 0 Å². The molecule has 25 heavy (non-hydrogen) atoms. The third-order valence-electron chi connectivity index (χ3n) is 5.92. The van der Waals surface area contributed by atoms with Crippen LogP contribution in [-0.2, 0) is 20.9 Å². The summed E-state index contributed by atoms with van der Waals surface area (Å²) < 4.78 is 5.27. The van der Waals surface area contributed by atoms with E-state index in [2.05, 4.69) is 0 Å². The van der Waals surface area contributed by atoms with E-state index in [4.69, 9.17) is 4.42 Å². The van der Waals surface area contributed by atoms with Gasteiger partial charge in [0.05, 0.1) is 18.7 Å². The zero-order chi connectivity index (χ0) is 17.6. The molecule has 2 saturated heterocycles. The number of carboxylic acids is 1. The molecule has 4 atom stereocenters. The lowest BCUT2D eigenvalue weighted by molar-refractivity contribution is -0.151. The van der Waals surface area contributed by atoms with E-state index in [1.807, 2.05) is 0 Å². The minimum absolute atomic E-state index is 0.0674. The highest BCUT2D eigenvalue weighted by Gasteiger charge is 2.51. The molecular formula is C18H22N2O5. The molecular weight excluding hydrogens is 324 g/mol. The van der Waals surface area contributed by atoms with Gasteiger partial charge in [0, 0.05) is 19.5 Å². The molecule has 1 aliphatic carbocycles. The largest absolute Gasteiger partial charge is 0.480 e. The fourth-order valence-electron chi connectivity index (χ4n) is 4.76. The van der Waals surface area contributed by atoms with E-state index >= 15 is 0 Å². The Morgan fingerprint density at radius 1 is 1.28 bits per heavy atom. The Kier molecular flexibility index (Phi) is 4.01. The van der Waals surface area contributed by atoms with Crippen LogP contribution < -0.4 is 0 Å². The second kappa shape index (κ2) is 6.20. The van der Waals surface area contributed by atoms with Gasteiger partial charge in [0.2, 0.25) is 11.8 Å². The van der Waals surface area contributed by atoms with Crippen molar-refractivity contribution in [3.63, 3.8) is 0 Å². The number of carbonyl (C=O) groups is 3. The molecule has 1 aromatic rings.